The Bertz CT molecular complexity index is 549. The predicted molar refractivity (Wildman–Crippen MR) is 93.5 cm³/mol. The van der Waals surface area contributed by atoms with E-state index in [1.165, 1.54) is 12.8 Å². The molecule has 0 bridgehead atoms. The number of hydrogen-bond donors (Lipinski definition) is 3. The van der Waals surface area contributed by atoms with Gasteiger partial charge in [-0.2, -0.15) is 5.10 Å². The van der Waals surface area contributed by atoms with Crippen molar-refractivity contribution in [3.63, 3.8) is 0 Å². The summed E-state index contributed by atoms with van der Waals surface area (Å²) >= 11 is 0. The van der Waals surface area contributed by atoms with Gasteiger partial charge in [0.1, 0.15) is 0 Å². The summed E-state index contributed by atoms with van der Waals surface area (Å²) in [6.07, 6.45) is 7.26. The molecule has 1 aromatic rings. The zero-order valence-corrected chi connectivity index (χ0v) is 14.4. The Labute approximate surface area is 143 Å². The zero-order chi connectivity index (χ0) is 16.8. The molecular formula is C17H28N6O. The fraction of sp³-hybridized carbons (Fsp3) is 0.706. The number of guanidine groups is 1. The van der Waals surface area contributed by atoms with E-state index in [0.717, 1.165) is 50.6 Å². The molecule has 3 N–H and O–H groups in total. The molecule has 1 saturated heterocycles. The third kappa shape index (κ3) is 4.27. The molecule has 1 saturated carbocycles. The first kappa shape index (κ1) is 16.8. The second-order valence-electron chi connectivity index (χ2n) is 6.67. The number of carbonyl (C=O) groups is 1. The van der Waals surface area contributed by atoms with Crippen LogP contribution in [-0.2, 0) is 11.3 Å². The lowest BCUT2D eigenvalue weighted by atomic mass is 10.1. The van der Waals surface area contributed by atoms with E-state index < -0.39 is 0 Å². The van der Waals surface area contributed by atoms with Gasteiger partial charge in [0.05, 0.1) is 12.2 Å². The van der Waals surface area contributed by atoms with E-state index in [9.17, 15) is 4.79 Å². The minimum Gasteiger partial charge on any atom is -0.357 e. The lowest BCUT2D eigenvalue weighted by Gasteiger charge is -2.21. The van der Waals surface area contributed by atoms with Crippen LogP contribution in [0, 0.1) is 5.92 Å². The maximum atomic E-state index is 12.5. The van der Waals surface area contributed by atoms with E-state index in [0.29, 0.717) is 12.5 Å². The first-order valence-corrected chi connectivity index (χ1v) is 9.08. The quantitative estimate of drug-likeness (QED) is 0.560. The molecule has 0 radical (unpaired) electrons. The molecule has 1 unspecified atom stereocenters. The van der Waals surface area contributed by atoms with Gasteiger partial charge in [-0.1, -0.05) is 12.8 Å². The van der Waals surface area contributed by atoms with Crippen LogP contribution in [-0.4, -0.2) is 52.6 Å². The number of rotatable bonds is 5. The van der Waals surface area contributed by atoms with Crippen molar-refractivity contribution in [2.45, 2.75) is 51.6 Å². The van der Waals surface area contributed by atoms with E-state index in [-0.39, 0.29) is 12.0 Å². The van der Waals surface area contributed by atoms with Gasteiger partial charge in [-0.25, -0.2) is 4.99 Å². The highest BCUT2D eigenvalue weighted by Crippen LogP contribution is 2.27. The number of aliphatic imine (C=N–C) groups is 1. The molecule has 1 atom stereocenters. The lowest BCUT2D eigenvalue weighted by molar-refractivity contribution is -0.134. The highest BCUT2D eigenvalue weighted by Gasteiger charge is 2.32. The summed E-state index contributed by atoms with van der Waals surface area (Å²) in [6.45, 7) is 5.06. The molecule has 1 aromatic heterocycles. The zero-order valence-electron chi connectivity index (χ0n) is 14.4. The van der Waals surface area contributed by atoms with Crippen molar-refractivity contribution >= 4 is 11.9 Å². The average molecular weight is 332 g/mol. The molecule has 0 aromatic carbocycles. The Kier molecular flexibility index (Phi) is 5.72. The van der Waals surface area contributed by atoms with E-state index in [2.05, 4.69) is 32.7 Å². The van der Waals surface area contributed by atoms with E-state index >= 15 is 0 Å². The number of aromatic nitrogens is 2. The first-order valence-electron chi connectivity index (χ1n) is 9.08. The molecule has 7 nitrogen and oxygen atoms in total. The van der Waals surface area contributed by atoms with Crippen molar-refractivity contribution in [2.75, 3.05) is 19.6 Å². The lowest BCUT2D eigenvalue weighted by Crippen LogP contribution is -2.45. The molecule has 1 aliphatic carbocycles. The first-order chi connectivity index (χ1) is 11.8. The largest absolute Gasteiger partial charge is 0.357 e. The Hall–Kier alpha value is -2.05. The van der Waals surface area contributed by atoms with Crippen LogP contribution in [0.25, 0.3) is 0 Å². The van der Waals surface area contributed by atoms with Crippen molar-refractivity contribution in [2.24, 2.45) is 10.9 Å². The standard InChI is InChI=1S/C17H28N6O/c1-2-18-17(19-11-14-7-9-20-22-14)21-15-8-10-23(12-15)16(24)13-5-3-4-6-13/h7,9,13,15H,2-6,8,10-12H2,1H3,(H,20,22)(H2,18,19,21). The minimum absolute atomic E-state index is 0.269. The minimum atomic E-state index is 0.269. The van der Waals surface area contributed by atoms with Gasteiger partial charge in [-0.3, -0.25) is 9.89 Å². The SMILES string of the molecule is CCNC(=NCc1ccn[nH]1)NC1CCN(C(=O)C2CCCC2)C1. The number of nitrogens with zero attached hydrogens (tertiary/aromatic N) is 3. The van der Waals surface area contributed by atoms with Gasteiger partial charge in [0, 0.05) is 37.8 Å². The number of likely N-dealkylation sites (tertiary alicyclic amines) is 1. The van der Waals surface area contributed by atoms with Crippen LogP contribution in [0.3, 0.4) is 0 Å². The van der Waals surface area contributed by atoms with Crippen molar-refractivity contribution in [1.82, 2.24) is 25.7 Å². The highest BCUT2D eigenvalue weighted by molar-refractivity contribution is 5.81. The van der Waals surface area contributed by atoms with Gasteiger partial charge >= 0.3 is 0 Å². The van der Waals surface area contributed by atoms with Crippen LogP contribution < -0.4 is 10.6 Å². The number of carbonyl (C=O) groups excluding carboxylic acids is 1. The molecular weight excluding hydrogens is 304 g/mol. The van der Waals surface area contributed by atoms with Crippen LogP contribution in [0.2, 0.25) is 0 Å². The molecule has 2 aliphatic rings. The van der Waals surface area contributed by atoms with Gasteiger partial charge < -0.3 is 15.5 Å². The van der Waals surface area contributed by atoms with Crippen molar-refractivity contribution < 1.29 is 4.79 Å². The summed E-state index contributed by atoms with van der Waals surface area (Å²) in [5.74, 6) is 1.43. The van der Waals surface area contributed by atoms with Gasteiger partial charge in [0.15, 0.2) is 5.96 Å². The fourth-order valence-corrected chi connectivity index (χ4v) is 3.56. The topological polar surface area (TPSA) is 85.4 Å². The summed E-state index contributed by atoms with van der Waals surface area (Å²) in [4.78, 5) is 19.1. The van der Waals surface area contributed by atoms with E-state index in [1.54, 1.807) is 6.20 Å². The maximum absolute atomic E-state index is 12.5. The van der Waals surface area contributed by atoms with E-state index in [1.807, 2.05) is 11.0 Å². The average Bonchev–Trinajstić information content (AvgIpc) is 3.33. The van der Waals surface area contributed by atoms with Gasteiger partial charge in [-0.15, -0.1) is 0 Å². The Balaban J connectivity index is 1.51. The number of amides is 1. The number of H-pyrrole nitrogens is 1. The van der Waals surface area contributed by atoms with E-state index in [4.69, 9.17) is 0 Å². The Morgan fingerprint density at radius 2 is 2.25 bits per heavy atom. The molecule has 2 heterocycles. The smallest absolute Gasteiger partial charge is 0.225 e. The molecule has 7 heteroatoms. The third-order valence-corrected chi connectivity index (χ3v) is 4.86. The van der Waals surface area contributed by atoms with Crippen LogP contribution in [0.15, 0.2) is 17.3 Å². The van der Waals surface area contributed by atoms with Crippen molar-refractivity contribution in [3.05, 3.63) is 18.0 Å². The monoisotopic (exact) mass is 332 g/mol. The van der Waals surface area contributed by atoms with Gasteiger partial charge in [0.2, 0.25) is 5.91 Å². The van der Waals surface area contributed by atoms with Gasteiger partial charge in [0.25, 0.3) is 0 Å². The maximum Gasteiger partial charge on any atom is 0.225 e. The van der Waals surface area contributed by atoms with Crippen LogP contribution in [0.5, 0.6) is 0 Å². The van der Waals surface area contributed by atoms with Crippen LogP contribution in [0.4, 0.5) is 0 Å². The van der Waals surface area contributed by atoms with Gasteiger partial charge in [-0.05, 0) is 32.3 Å². The third-order valence-electron chi connectivity index (χ3n) is 4.86. The normalized spacial score (nSPS) is 22.1. The van der Waals surface area contributed by atoms with Crippen LogP contribution in [0.1, 0.15) is 44.7 Å². The molecule has 24 heavy (non-hydrogen) atoms. The number of hydrogen-bond acceptors (Lipinski definition) is 3. The second-order valence-corrected chi connectivity index (χ2v) is 6.67. The highest BCUT2D eigenvalue weighted by atomic mass is 16.2. The molecule has 1 amide bonds. The van der Waals surface area contributed by atoms with Crippen LogP contribution >= 0.6 is 0 Å². The fourth-order valence-electron chi connectivity index (χ4n) is 3.56. The molecule has 3 rings (SSSR count). The summed E-state index contributed by atoms with van der Waals surface area (Å²) in [6, 6.07) is 2.19. The van der Waals surface area contributed by atoms with Crippen molar-refractivity contribution in [1.29, 1.82) is 0 Å². The Morgan fingerprint density at radius 1 is 1.42 bits per heavy atom. The van der Waals surface area contributed by atoms with Crippen molar-refractivity contribution in [3.8, 4) is 0 Å². The summed E-state index contributed by atoms with van der Waals surface area (Å²) in [5.41, 5.74) is 0.983. The second kappa shape index (κ2) is 8.17. The molecule has 132 valence electrons. The molecule has 0 spiro atoms. The Morgan fingerprint density at radius 3 is 2.96 bits per heavy atom. The predicted octanol–water partition coefficient (Wildman–Crippen LogP) is 1.26. The number of aromatic amines is 1. The molecule has 1 aliphatic heterocycles. The summed E-state index contributed by atoms with van der Waals surface area (Å²) in [7, 11) is 0. The summed E-state index contributed by atoms with van der Waals surface area (Å²) in [5, 5.41) is 13.6. The number of nitrogens with one attached hydrogen (secondary N) is 3. The molecule has 2 fully saturated rings. The summed E-state index contributed by atoms with van der Waals surface area (Å²) < 4.78 is 0.